The molecule has 3 heteroatoms. The summed E-state index contributed by atoms with van der Waals surface area (Å²) in [7, 11) is 0. The van der Waals surface area contributed by atoms with Gasteiger partial charge in [-0.3, -0.25) is 4.79 Å². The minimum Gasteiger partial charge on any atom is -0.478 e. The number of carbonyl (C=O) groups excluding carboxylic acids is 1. The molecule has 3 nitrogen and oxygen atoms in total. The van der Waals surface area contributed by atoms with Gasteiger partial charge in [0.25, 0.3) is 0 Å². The van der Waals surface area contributed by atoms with Gasteiger partial charge in [-0.05, 0) is 26.3 Å². The predicted octanol–water partition coefficient (Wildman–Crippen LogP) is 2.56. The summed E-state index contributed by atoms with van der Waals surface area (Å²) in [5, 5.41) is 0. The van der Waals surface area contributed by atoms with Crippen LogP contribution in [0.2, 0.25) is 0 Å². The molecule has 1 heterocycles. The molecule has 1 aromatic heterocycles. The Labute approximate surface area is 90.5 Å². The number of rotatable bonds is 5. The second-order valence-electron chi connectivity index (χ2n) is 3.41. The van der Waals surface area contributed by atoms with E-state index >= 15 is 0 Å². The van der Waals surface area contributed by atoms with Crippen LogP contribution in [0.4, 0.5) is 0 Å². The highest BCUT2D eigenvalue weighted by atomic mass is 16.5. The van der Waals surface area contributed by atoms with Crippen LogP contribution in [0.1, 0.15) is 38.8 Å². The number of hydrogen-bond acceptors (Lipinski definition) is 3. The molecular formula is C12H17NO2. The quantitative estimate of drug-likeness (QED) is 0.744. The Morgan fingerprint density at radius 2 is 2.20 bits per heavy atom. The highest BCUT2D eigenvalue weighted by molar-refractivity contribution is 5.82. The Balaban J connectivity index is 2.92. The number of ether oxygens (including phenoxy) is 1. The minimum atomic E-state index is -0.106. The lowest BCUT2D eigenvalue weighted by Crippen LogP contribution is -2.10. The first-order valence-electron chi connectivity index (χ1n) is 5.29. The zero-order valence-corrected chi connectivity index (χ0v) is 9.49. The van der Waals surface area contributed by atoms with Crippen LogP contribution in [0.5, 0.6) is 5.88 Å². The zero-order valence-electron chi connectivity index (χ0n) is 9.49. The van der Waals surface area contributed by atoms with Crippen LogP contribution in [-0.4, -0.2) is 17.4 Å². The third-order valence-corrected chi connectivity index (χ3v) is 2.29. The number of pyridine rings is 1. The molecule has 0 fully saturated rings. The van der Waals surface area contributed by atoms with Crippen molar-refractivity contribution in [1.29, 1.82) is 0 Å². The molecule has 0 bridgehead atoms. The van der Waals surface area contributed by atoms with Gasteiger partial charge in [-0.15, -0.1) is 0 Å². The van der Waals surface area contributed by atoms with Gasteiger partial charge in [-0.25, -0.2) is 4.98 Å². The van der Waals surface area contributed by atoms with Crippen LogP contribution in [0.3, 0.4) is 0 Å². The Bertz CT molecular complexity index is 336. The fourth-order valence-electron chi connectivity index (χ4n) is 1.56. The second kappa shape index (κ2) is 5.49. The molecule has 15 heavy (non-hydrogen) atoms. The summed E-state index contributed by atoms with van der Waals surface area (Å²) in [5.41, 5.74) is 0.802. The number of carbonyl (C=O) groups is 1. The molecular weight excluding hydrogens is 190 g/mol. The molecule has 1 aromatic rings. The van der Waals surface area contributed by atoms with E-state index in [-0.39, 0.29) is 11.7 Å². The molecule has 0 N–H and O–H groups in total. The summed E-state index contributed by atoms with van der Waals surface area (Å²) >= 11 is 0. The van der Waals surface area contributed by atoms with Crippen molar-refractivity contribution in [3.8, 4) is 5.88 Å². The Kier molecular flexibility index (Phi) is 4.28. The standard InChI is InChI=1S/C12H17NO2/c1-4-10(9(3)14)11-7-6-8-12(13-11)15-5-2/h6-8,10H,4-5H2,1-3H3. The minimum absolute atomic E-state index is 0.106. The van der Waals surface area contributed by atoms with Crippen LogP contribution in [0, 0.1) is 0 Å². The molecule has 0 saturated carbocycles. The van der Waals surface area contributed by atoms with Crippen molar-refractivity contribution in [2.45, 2.75) is 33.1 Å². The maximum absolute atomic E-state index is 11.4. The number of ketones is 1. The summed E-state index contributed by atoms with van der Waals surface area (Å²) in [6.45, 7) is 6.09. The normalized spacial score (nSPS) is 12.2. The van der Waals surface area contributed by atoms with Crippen molar-refractivity contribution in [2.24, 2.45) is 0 Å². The van der Waals surface area contributed by atoms with Gasteiger partial charge >= 0.3 is 0 Å². The summed E-state index contributed by atoms with van der Waals surface area (Å²) in [6, 6.07) is 5.55. The molecule has 1 unspecified atom stereocenters. The highest BCUT2D eigenvalue weighted by Crippen LogP contribution is 2.20. The number of Topliss-reactive ketones (excluding diaryl/α,β-unsaturated/α-hetero) is 1. The van der Waals surface area contributed by atoms with Gasteiger partial charge in [-0.1, -0.05) is 13.0 Å². The van der Waals surface area contributed by atoms with E-state index in [0.29, 0.717) is 12.5 Å². The number of aromatic nitrogens is 1. The maximum atomic E-state index is 11.4. The van der Waals surface area contributed by atoms with Crippen LogP contribution in [-0.2, 0) is 4.79 Å². The van der Waals surface area contributed by atoms with Crippen LogP contribution in [0.15, 0.2) is 18.2 Å². The van der Waals surface area contributed by atoms with E-state index in [0.717, 1.165) is 12.1 Å². The van der Waals surface area contributed by atoms with E-state index in [2.05, 4.69) is 4.98 Å². The highest BCUT2D eigenvalue weighted by Gasteiger charge is 2.16. The van der Waals surface area contributed by atoms with Crippen LogP contribution >= 0.6 is 0 Å². The summed E-state index contributed by atoms with van der Waals surface area (Å²) in [6.07, 6.45) is 0.776. The van der Waals surface area contributed by atoms with Crippen molar-refractivity contribution in [1.82, 2.24) is 4.98 Å². The van der Waals surface area contributed by atoms with Crippen molar-refractivity contribution in [3.63, 3.8) is 0 Å². The Morgan fingerprint density at radius 3 is 2.73 bits per heavy atom. The lowest BCUT2D eigenvalue weighted by Gasteiger charge is -2.11. The van der Waals surface area contributed by atoms with Crippen molar-refractivity contribution in [2.75, 3.05) is 6.61 Å². The largest absolute Gasteiger partial charge is 0.478 e. The SMILES string of the molecule is CCOc1cccc(C(CC)C(C)=O)n1. The van der Waals surface area contributed by atoms with E-state index in [1.807, 2.05) is 26.0 Å². The van der Waals surface area contributed by atoms with Gasteiger partial charge in [0.15, 0.2) is 0 Å². The Hall–Kier alpha value is -1.38. The van der Waals surface area contributed by atoms with Crippen LogP contribution < -0.4 is 4.74 Å². The molecule has 0 radical (unpaired) electrons. The molecule has 82 valence electrons. The number of nitrogens with zero attached hydrogens (tertiary/aromatic N) is 1. The lowest BCUT2D eigenvalue weighted by atomic mass is 9.98. The molecule has 0 aliphatic rings. The van der Waals surface area contributed by atoms with Gasteiger partial charge in [0, 0.05) is 6.07 Å². The average molecular weight is 207 g/mol. The topological polar surface area (TPSA) is 39.2 Å². The Morgan fingerprint density at radius 1 is 1.47 bits per heavy atom. The molecule has 0 aliphatic carbocycles. The predicted molar refractivity (Wildman–Crippen MR) is 59.1 cm³/mol. The van der Waals surface area contributed by atoms with Crippen molar-refractivity contribution < 1.29 is 9.53 Å². The van der Waals surface area contributed by atoms with E-state index in [1.165, 1.54) is 0 Å². The summed E-state index contributed by atoms with van der Waals surface area (Å²) in [5.74, 6) is 0.638. The maximum Gasteiger partial charge on any atom is 0.213 e. The van der Waals surface area contributed by atoms with E-state index < -0.39 is 0 Å². The van der Waals surface area contributed by atoms with Gasteiger partial charge < -0.3 is 4.74 Å². The smallest absolute Gasteiger partial charge is 0.213 e. The third-order valence-electron chi connectivity index (χ3n) is 2.29. The molecule has 1 rings (SSSR count). The summed E-state index contributed by atoms with van der Waals surface area (Å²) < 4.78 is 5.30. The van der Waals surface area contributed by atoms with Crippen molar-refractivity contribution in [3.05, 3.63) is 23.9 Å². The summed E-state index contributed by atoms with van der Waals surface area (Å²) in [4.78, 5) is 15.7. The first-order valence-corrected chi connectivity index (χ1v) is 5.29. The molecule has 0 saturated heterocycles. The van der Waals surface area contributed by atoms with Crippen LogP contribution in [0.25, 0.3) is 0 Å². The van der Waals surface area contributed by atoms with E-state index in [4.69, 9.17) is 4.74 Å². The third kappa shape index (κ3) is 3.05. The zero-order chi connectivity index (χ0) is 11.3. The van der Waals surface area contributed by atoms with Gasteiger partial charge in [-0.2, -0.15) is 0 Å². The van der Waals surface area contributed by atoms with Crippen molar-refractivity contribution >= 4 is 5.78 Å². The van der Waals surface area contributed by atoms with Gasteiger partial charge in [0.1, 0.15) is 5.78 Å². The molecule has 1 atom stereocenters. The average Bonchev–Trinajstić information content (AvgIpc) is 2.19. The van der Waals surface area contributed by atoms with E-state index in [9.17, 15) is 4.79 Å². The molecule has 0 amide bonds. The fraction of sp³-hybridized carbons (Fsp3) is 0.500. The lowest BCUT2D eigenvalue weighted by molar-refractivity contribution is -0.118. The second-order valence-corrected chi connectivity index (χ2v) is 3.41. The molecule has 0 aromatic carbocycles. The molecule has 0 spiro atoms. The first kappa shape index (κ1) is 11.7. The first-order chi connectivity index (χ1) is 7.19. The monoisotopic (exact) mass is 207 g/mol. The van der Waals surface area contributed by atoms with Gasteiger partial charge in [0.2, 0.25) is 5.88 Å². The fourth-order valence-corrected chi connectivity index (χ4v) is 1.56. The van der Waals surface area contributed by atoms with E-state index in [1.54, 1.807) is 13.0 Å². The van der Waals surface area contributed by atoms with Gasteiger partial charge in [0.05, 0.1) is 18.2 Å². The molecule has 0 aliphatic heterocycles. The number of hydrogen-bond donors (Lipinski definition) is 0.